The SMILES string of the molecule is CC1CCCC(C=O)(CN2CCC(C)(C)C2)C1. The van der Waals surface area contributed by atoms with Crippen LogP contribution in [0, 0.1) is 16.7 Å². The Morgan fingerprint density at radius 1 is 1.35 bits per heavy atom. The molecular formula is C15H27NO. The summed E-state index contributed by atoms with van der Waals surface area (Å²) in [6, 6.07) is 0. The highest BCUT2D eigenvalue weighted by molar-refractivity contribution is 5.60. The van der Waals surface area contributed by atoms with Crippen molar-refractivity contribution in [3.63, 3.8) is 0 Å². The Balaban J connectivity index is 1.97. The first-order chi connectivity index (χ1) is 7.95. The van der Waals surface area contributed by atoms with Crippen molar-refractivity contribution in [1.29, 1.82) is 0 Å². The van der Waals surface area contributed by atoms with Crippen LogP contribution in [0.25, 0.3) is 0 Å². The van der Waals surface area contributed by atoms with Crippen LogP contribution in [0.3, 0.4) is 0 Å². The van der Waals surface area contributed by atoms with E-state index in [2.05, 4.69) is 25.7 Å². The average Bonchev–Trinajstić information content (AvgIpc) is 2.58. The summed E-state index contributed by atoms with van der Waals surface area (Å²) < 4.78 is 0. The van der Waals surface area contributed by atoms with E-state index in [0.717, 1.165) is 31.8 Å². The van der Waals surface area contributed by atoms with E-state index in [1.165, 1.54) is 32.1 Å². The molecule has 0 amide bonds. The molecule has 2 fully saturated rings. The third kappa shape index (κ3) is 3.09. The minimum atomic E-state index is -0.0297. The quantitative estimate of drug-likeness (QED) is 0.703. The normalized spacial score (nSPS) is 38.2. The number of hydrogen-bond donors (Lipinski definition) is 0. The number of hydrogen-bond acceptors (Lipinski definition) is 2. The topological polar surface area (TPSA) is 20.3 Å². The summed E-state index contributed by atoms with van der Waals surface area (Å²) >= 11 is 0. The monoisotopic (exact) mass is 237 g/mol. The van der Waals surface area contributed by atoms with Crippen molar-refractivity contribution in [2.45, 2.75) is 52.9 Å². The van der Waals surface area contributed by atoms with Crippen LogP contribution in [0.1, 0.15) is 52.9 Å². The summed E-state index contributed by atoms with van der Waals surface area (Å²) in [6.07, 6.45) is 7.30. The minimum absolute atomic E-state index is 0.0297. The third-order valence-corrected chi connectivity index (χ3v) is 4.67. The Labute approximate surface area is 106 Å². The van der Waals surface area contributed by atoms with Crippen LogP contribution >= 0.6 is 0 Å². The molecule has 0 spiro atoms. The molecule has 98 valence electrons. The van der Waals surface area contributed by atoms with Crippen molar-refractivity contribution in [2.24, 2.45) is 16.7 Å². The van der Waals surface area contributed by atoms with E-state index in [4.69, 9.17) is 0 Å². The molecule has 0 aromatic rings. The predicted molar refractivity (Wildman–Crippen MR) is 71.0 cm³/mol. The van der Waals surface area contributed by atoms with Crippen LogP contribution in [0.4, 0.5) is 0 Å². The second-order valence-electron chi connectivity index (χ2n) is 7.31. The molecule has 1 saturated carbocycles. The van der Waals surface area contributed by atoms with E-state index < -0.39 is 0 Å². The van der Waals surface area contributed by atoms with Gasteiger partial charge >= 0.3 is 0 Å². The van der Waals surface area contributed by atoms with Crippen LogP contribution in [0.2, 0.25) is 0 Å². The average molecular weight is 237 g/mol. The lowest BCUT2D eigenvalue weighted by Gasteiger charge is -2.38. The van der Waals surface area contributed by atoms with Gasteiger partial charge in [0.2, 0.25) is 0 Å². The van der Waals surface area contributed by atoms with Gasteiger partial charge in [0.1, 0.15) is 6.29 Å². The second-order valence-corrected chi connectivity index (χ2v) is 7.31. The fourth-order valence-corrected chi connectivity index (χ4v) is 3.79. The van der Waals surface area contributed by atoms with Crippen LogP contribution < -0.4 is 0 Å². The van der Waals surface area contributed by atoms with Crippen LogP contribution in [0.5, 0.6) is 0 Å². The second kappa shape index (κ2) is 4.72. The van der Waals surface area contributed by atoms with Gasteiger partial charge in [-0.3, -0.25) is 0 Å². The van der Waals surface area contributed by atoms with E-state index >= 15 is 0 Å². The van der Waals surface area contributed by atoms with E-state index in [9.17, 15) is 4.79 Å². The van der Waals surface area contributed by atoms with Gasteiger partial charge in [0.05, 0.1) is 0 Å². The molecule has 2 nitrogen and oxygen atoms in total. The molecule has 1 aliphatic heterocycles. The summed E-state index contributed by atoms with van der Waals surface area (Å²) in [5.41, 5.74) is 0.419. The molecule has 17 heavy (non-hydrogen) atoms. The lowest BCUT2D eigenvalue weighted by atomic mass is 9.70. The molecule has 2 unspecified atom stereocenters. The molecule has 1 saturated heterocycles. The molecule has 0 aromatic heterocycles. The number of carbonyl (C=O) groups is 1. The zero-order valence-corrected chi connectivity index (χ0v) is 11.7. The Hall–Kier alpha value is -0.370. The summed E-state index contributed by atoms with van der Waals surface area (Å²) in [6.45, 7) is 10.3. The van der Waals surface area contributed by atoms with Gasteiger partial charge in [0.25, 0.3) is 0 Å². The standard InChI is InChI=1S/C15H27NO/c1-13-5-4-6-15(9-13,12-17)11-16-8-7-14(2,3)10-16/h12-13H,4-11H2,1-3H3. The molecule has 2 atom stereocenters. The fraction of sp³-hybridized carbons (Fsp3) is 0.933. The Morgan fingerprint density at radius 2 is 2.12 bits per heavy atom. The summed E-state index contributed by atoms with van der Waals surface area (Å²) in [4.78, 5) is 14.1. The maximum absolute atomic E-state index is 11.5. The Bertz CT molecular complexity index is 287. The number of rotatable bonds is 3. The molecule has 1 heterocycles. The highest BCUT2D eigenvalue weighted by Crippen LogP contribution is 2.40. The molecule has 1 aliphatic carbocycles. The highest BCUT2D eigenvalue weighted by atomic mass is 16.1. The van der Waals surface area contributed by atoms with E-state index in [1.54, 1.807) is 0 Å². The van der Waals surface area contributed by atoms with Crippen molar-refractivity contribution in [2.75, 3.05) is 19.6 Å². The highest BCUT2D eigenvalue weighted by Gasteiger charge is 2.39. The summed E-state index contributed by atoms with van der Waals surface area (Å²) in [7, 11) is 0. The Kier molecular flexibility index (Phi) is 3.63. The van der Waals surface area contributed by atoms with Crippen molar-refractivity contribution < 1.29 is 4.79 Å². The van der Waals surface area contributed by atoms with Crippen molar-refractivity contribution in [1.82, 2.24) is 4.90 Å². The van der Waals surface area contributed by atoms with Gasteiger partial charge in [0, 0.05) is 18.5 Å². The van der Waals surface area contributed by atoms with Gasteiger partial charge in [-0.15, -0.1) is 0 Å². The van der Waals surface area contributed by atoms with E-state index in [1.807, 2.05) is 0 Å². The van der Waals surface area contributed by atoms with Gasteiger partial charge < -0.3 is 9.69 Å². The molecule has 2 heteroatoms. The van der Waals surface area contributed by atoms with Crippen LogP contribution in [-0.4, -0.2) is 30.8 Å². The first-order valence-corrected chi connectivity index (χ1v) is 7.13. The lowest BCUT2D eigenvalue weighted by Crippen LogP contribution is -2.41. The van der Waals surface area contributed by atoms with Crippen molar-refractivity contribution in [3.8, 4) is 0 Å². The first-order valence-electron chi connectivity index (χ1n) is 7.13. The van der Waals surface area contributed by atoms with Gasteiger partial charge in [-0.05, 0) is 37.1 Å². The molecule has 2 rings (SSSR count). The molecule has 0 radical (unpaired) electrons. The van der Waals surface area contributed by atoms with Crippen LogP contribution in [0.15, 0.2) is 0 Å². The zero-order chi connectivity index (χ0) is 12.5. The Morgan fingerprint density at radius 3 is 2.65 bits per heavy atom. The molecule has 2 aliphatic rings. The first kappa shape index (κ1) is 13.1. The predicted octanol–water partition coefficient (Wildman–Crippen LogP) is 3.11. The number of nitrogens with zero attached hydrogens (tertiary/aromatic N) is 1. The van der Waals surface area contributed by atoms with Gasteiger partial charge in [-0.2, -0.15) is 0 Å². The molecular weight excluding hydrogens is 210 g/mol. The van der Waals surface area contributed by atoms with Gasteiger partial charge in [-0.25, -0.2) is 0 Å². The summed E-state index contributed by atoms with van der Waals surface area (Å²) in [5, 5.41) is 0. The zero-order valence-electron chi connectivity index (χ0n) is 11.7. The number of aldehydes is 1. The van der Waals surface area contributed by atoms with Crippen molar-refractivity contribution >= 4 is 6.29 Å². The summed E-state index contributed by atoms with van der Waals surface area (Å²) in [5.74, 6) is 0.726. The largest absolute Gasteiger partial charge is 0.303 e. The maximum Gasteiger partial charge on any atom is 0.127 e. The van der Waals surface area contributed by atoms with E-state index in [-0.39, 0.29) is 5.41 Å². The van der Waals surface area contributed by atoms with Gasteiger partial charge in [0.15, 0.2) is 0 Å². The lowest BCUT2D eigenvalue weighted by molar-refractivity contribution is -0.120. The molecule has 0 N–H and O–H groups in total. The smallest absolute Gasteiger partial charge is 0.127 e. The molecule has 0 aromatic carbocycles. The number of carbonyl (C=O) groups excluding carboxylic acids is 1. The molecule has 0 bridgehead atoms. The maximum atomic E-state index is 11.5. The number of likely N-dealkylation sites (tertiary alicyclic amines) is 1. The van der Waals surface area contributed by atoms with Gasteiger partial charge in [-0.1, -0.05) is 33.6 Å². The third-order valence-electron chi connectivity index (χ3n) is 4.67. The fourth-order valence-electron chi connectivity index (χ4n) is 3.79. The van der Waals surface area contributed by atoms with Crippen molar-refractivity contribution in [3.05, 3.63) is 0 Å². The van der Waals surface area contributed by atoms with Crippen LogP contribution in [-0.2, 0) is 4.79 Å². The van der Waals surface area contributed by atoms with E-state index in [0.29, 0.717) is 5.41 Å². The minimum Gasteiger partial charge on any atom is -0.303 e.